The fraction of sp³-hybridized carbons (Fsp3) is 0.667. The normalized spacial score (nSPS) is 33.6. The highest BCUT2D eigenvalue weighted by molar-refractivity contribution is 5.72. The van der Waals surface area contributed by atoms with Crippen molar-refractivity contribution in [2.24, 2.45) is 0 Å². The number of hydrogen-bond donors (Lipinski definition) is 0. The molecule has 0 saturated carbocycles. The third-order valence-electron chi connectivity index (χ3n) is 3.11. The topological polar surface area (TPSA) is 52.6 Å². The molecule has 4 nitrogen and oxygen atoms in total. The fourth-order valence-electron chi connectivity index (χ4n) is 2.39. The summed E-state index contributed by atoms with van der Waals surface area (Å²) in [7, 11) is 0. The average Bonchev–Trinajstić information content (AvgIpc) is 2.40. The van der Waals surface area contributed by atoms with E-state index in [0.29, 0.717) is 12.8 Å². The van der Waals surface area contributed by atoms with E-state index in [0.717, 1.165) is 19.3 Å². The van der Waals surface area contributed by atoms with Gasteiger partial charge < -0.3 is 9.47 Å². The summed E-state index contributed by atoms with van der Waals surface area (Å²) in [5, 5.41) is 0. The number of ether oxygens (including phenoxy) is 2. The molecule has 1 aliphatic carbocycles. The number of esters is 2. The van der Waals surface area contributed by atoms with Gasteiger partial charge in [-0.1, -0.05) is 6.08 Å². The first-order valence-corrected chi connectivity index (χ1v) is 5.69. The molecule has 0 amide bonds. The molecule has 88 valence electrons. The van der Waals surface area contributed by atoms with Crippen molar-refractivity contribution in [2.45, 2.75) is 50.7 Å². The highest BCUT2D eigenvalue weighted by Crippen LogP contribution is 2.36. The van der Waals surface area contributed by atoms with Gasteiger partial charge in [0.05, 0.1) is 0 Å². The Morgan fingerprint density at radius 3 is 3.19 bits per heavy atom. The lowest BCUT2D eigenvalue weighted by Crippen LogP contribution is -2.50. The Kier molecular flexibility index (Phi) is 2.99. The molecule has 16 heavy (non-hydrogen) atoms. The fourth-order valence-corrected chi connectivity index (χ4v) is 2.39. The minimum atomic E-state index is -0.712. The second-order valence-electron chi connectivity index (χ2n) is 4.36. The van der Waals surface area contributed by atoms with E-state index in [1.165, 1.54) is 6.92 Å². The standard InChI is InChI=1S/C12H16O4/c1-9(13)16-12-7-4-2-3-5-10(12)15-11(14)6-8-12/h4,7,10H,2-3,5-6,8H2,1H3/t10-,12-/m0/s1. The number of allylic oxidation sites excluding steroid dienone is 1. The van der Waals surface area contributed by atoms with Crippen molar-refractivity contribution in [3.8, 4) is 0 Å². The molecule has 2 rings (SSSR count). The van der Waals surface area contributed by atoms with Crippen LogP contribution in [-0.2, 0) is 19.1 Å². The Bertz CT molecular complexity index is 334. The molecule has 0 N–H and O–H groups in total. The van der Waals surface area contributed by atoms with Gasteiger partial charge >= 0.3 is 11.9 Å². The van der Waals surface area contributed by atoms with Gasteiger partial charge in [0, 0.05) is 19.8 Å². The highest BCUT2D eigenvalue weighted by atomic mass is 16.6. The van der Waals surface area contributed by atoms with Crippen LogP contribution in [0.1, 0.15) is 39.0 Å². The van der Waals surface area contributed by atoms with Crippen LogP contribution in [-0.4, -0.2) is 23.6 Å². The maximum absolute atomic E-state index is 11.3. The van der Waals surface area contributed by atoms with E-state index < -0.39 is 5.60 Å². The van der Waals surface area contributed by atoms with Gasteiger partial charge in [0.15, 0.2) is 5.60 Å². The molecule has 0 unspecified atom stereocenters. The second kappa shape index (κ2) is 4.28. The minimum absolute atomic E-state index is 0.192. The quantitative estimate of drug-likeness (QED) is 0.503. The Morgan fingerprint density at radius 1 is 1.62 bits per heavy atom. The molecule has 2 atom stereocenters. The Balaban J connectivity index is 2.25. The SMILES string of the molecule is CC(=O)O[C@]12C=CCCC[C@@H]1OC(=O)CC2. The molecule has 2 aliphatic rings. The summed E-state index contributed by atoms with van der Waals surface area (Å²) in [6.07, 6.45) is 7.11. The first-order valence-electron chi connectivity index (χ1n) is 5.69. The van der Waals surface area contributed by atoms with E-state index >= 15 is 0 Å². The highest BCUT2D eigenvalue weighted by Gasteiger charge is 2.46. The molecule has 0 aromatic heterocycles. The summed E-state index contributed by atoms with van der Waals surface area (Å²) in [5.74, 6) is -0.516. The molecule has 0 aromatic rings. The van der Waals surface area contributed by atoms with E-state index in [9.17, 15) is 9.59 Å². The monoisotopic (exact) mass is 224 g/mol. The molecule has 1 saturated heterocycles. The predicted octanol–water partition coefficient (Wildman–Crippen LogP) is 1.73. The maximum Gasteiger partial charge on any atom is 0.306 e. The van der Waals surface area contributed by atoms with Gasteiger partial charge in [-0.3, -0.25) is 9.59 Å². The largest absolute Gasteiger partial charge is 0.458 e. The zero-order chi connectivity index (χ0) is 11.6. The van der Waals surface area contributed by atoms with Crippen LogP contribution in [0.15, 0.2) is 12.2 Å². The molecule has 0 radical (unpaired) electrons. The van der Waals surface area contributed by atoms with Crippen molar-refractivity contribution in [1.29, 1.82) is 0 Å². The van der Waals surface area contributed by atoms with Crippen LogP contribution < -0.4 is 0 Å². The van der Waals surface area contributed by atoms with E-state index in [1.54, 1.807) is 0 Å². The number of carbonyl (C=O) groups excluding carboxylic acids is 2. The summed E-state index contributed by atoms with van der Waals surface area (Å²) in [6, 6.07) is 0. The number of fused-ring (bicyclic) bond motifs is 1. The van der Waals surface area contributed by atoms with Gasteiger partial charge in [0.1, 0.15) is 6.10 Å². The Labute approximate surface area is 94.6 Å². The number of hydrogen-bond acceptors (Lipinski definition) is 4. The van der Waals surface area contributed by atoms with E-state index in [2.05, 4.69) is 0 Å². The van der Waals surface area contributed by atoms with Crippen LogP contribution in [0.5, 0.6) is 0 Å². The van der Waals surface area contributed by atoms with Gasteiger partial charge in [0.2, 0.25) is 0 Å². The van der Waals surface area contributed by atoms with Crippen molar-refractivity contribution in [2.75, 3.05) is 0 Å². The number of rotatable bonds is 1. The molecule has 1 heterocycles. The summed E-state index contributed by atoms with van der Waals surface area (Å²) >= 11 is 0. The summed E-state index contributed by atoms with van der Waals surface area (Å²) < 4.78 is 10.7. The summed E-state index contributed by atoms with van der Waals surface area (Å²) in [5.41, 5.74) is -0.712. The van der Waals surface area contributed by atoms with E-state index in [-0.39, 0.29) is 18.0 Å². The lowest BCUT2D eigenvalue weighted by molar-refractivity contribution is -0.189. The van der Waals surface area contributed by atoms with Gasteiger partial charge in [-0.25, -0.2) is 0 Å². The summed E-state index contributed by atoms with van der Waals surface area (Å²) in [6.45, 7) is 1.39. The molecular weight excluding hydrogens is 208 g/mol. The van der Waals surface area contributed by atoms with Crippen LogP contribution in [0, 0.1) is 0 Å². The van der Waals surface area contributed by atoms with E-state index in [4.69, 9.17) is 9.47 Å². The number of carbonyl (C=O) groups is 2. The molecular formula is C12H16O4. The lowest BCUT2D eigenvalue weighted by Gasteiger charge is -2.39. The van der Waals surface area contributed by atoms with Crippen molar-refractivity contribution in [3.63, 3.8) is 0 Å². The van der Waals surface area contributed by atoms with Crippen LogP contribution in [0.2, 0.25) is 0 Å². The van der Waals surface area contributed by atoms with Crippen molar-refractivity contribution >= 4 is 11.9 Å². The van der Waals surface area contributed by atoms with Crippen molar-refractivity contribution in [1.82, 2.24) is 0 Å². The van der Waals surface area contributed by atoms with Crippen LogP contribution in [0.25, 0.3) is 0 Å². The smallest absolute Gasteiger partial charge is 0.306 e. The first-order chi connectivity index (χ1) is 7.62. The van der Waals surface area contributed by atoms with Crippen LogP contribution in [0.4, 0.5) is 0 Å². The third-order valence-corrected chi connectivity index (χ3v) is 3.11. The zero-order valence-corrected chi connectivity index (χ0v) is 9.40. The van der Waals surface area contributed by atoms with Gasteiger partial charge in [-0.2, -0.15) is 0 Å². The molecule has 1 fully saturated rings. The molecule has 1 aliphatic heterocycles. The predicted molar refractivity (Wildman–Crippen MR) is 56.6 cm³/mol. The Morgan fingerprint density at radius 2 is 2.44 bits per heavy atom. The second-order valence-corrected chi connectivity index (χ2v) is 4.36. The molecule has 0 aromatic carbocycles. The van der Waals surface area contributed by atoms with Gasteiger partial charge in [-0.15, -0.1) is 0 Å². The first kappa shape index (κ1) is 11.2. The minimum Gasteiger partial charge on any atom is -0.458 e. The molecule has 0 bridgehead atoms. The van der Waals surface area contributed by atoms with Crippen molar-refractivity contribution < 1.29 is 19.1 Å². The van der Waals surface area contributed by atoms with Crippen LogP contribution in [0.3, 0.4) is 0 Å². The third kappa shape index (κ3) is 2.10. The maximum atomic E-state index is 11.3. The molecule has 0 spiro atoms. The van der Waals surface area contributed by atoms with E-state index in [1.807, 2.05) is 12.2 Å². The van der Waals surface area contributed by atoms with Crippen molar-refractivity contribution in [3.05, 3.63) is 12.2 Å². The summed E-state index contributed by atoms with van der Waals surface area (Å²) in [4.78, 5) is 22.4. The zero-order valence-electron chi connectivity index (χ0n) is 9.40. The van der Waals surface area contributed by atoms with Gasteiger partial charge in [0.25, 0.3) is 0 Å². The Hall–Kier alpha value is -1.32. The molecule has 4 heteroatoms. The van der Waals surface area contributed by atoms with Crippen LogP contribution >= 0.6 is 0 Å². The average molecular weight is 224 g/mol. The lowest BCUT2D eigenvalue weighted by atomic mass is 9.87. The van der Waals surface area contributed by atoms with Gasteiger partial charge in [-0.05, 0) is 25.3 Å².